The minimum absolute atomic E-state index is 0.0670. The Morgan fingerprint density at radius 2 is 1.37 bits per heavy atom. The Morgan fingerprint density at radius 1 is 0.791 bits per heavy atom. The van der Waals surface area contributed by atoms with Crippen LogP contribution < -0.4 is 15.1 Å². The van der Waals surface area contributed by atoms with Crippen molar-refractivity contribution < 1.29 is 9.90 Å². The van der Waals surface area contributed by atoms with Crippen molar-refractivity contribution in [3.8, 4) is 0 Å². The van der Waals surface area contributed by atoms with Crippen molar-refractivity contribution in [3.05, 3.63) is 123 Å². The fourth-order valence-electron chi connectivity index (χ4n) is 6.83. The number of carboxylic acid groups (broad SMARTS) is 1. The lowest BCUT2D eigenvalue weighted by Crippen LogP contribution is -2.43. The summed E-state index contributed by atoms with van der Waals surface area (Å²) in [5.41, 5.74) is 7.62. The lowest BCUT2D eigenvalue weighted by atomic mass is 9.85. The van der Waals surface area contributed by atoms with E-state index in [0.29, 0.717) is 23.6 Å². The van der Waals surface area contributed by atoms with Gasteiger partial charge in [-0.05, 0) is 115 Å². The third-order valence-corrected chi connectivity index (χ3v) is 9.83. The summed E-state index contributed by atoms with van der Waals surface area (Å²) in [6.45, 7) is 2.99. The lowest BCUT2D eigenvalue weighted by Gasteiger charge is -2.37. The van der Waals surface area contributed by atoms with Gasteiger partial charge >= 0.3 is 5.97 Å². The molecule has 3 aliphatic rings. The largest absolute Gasteiger partial charge is 0.478 e. The highest BCUT2D eigenvalue weighted by molar-refractivity contribution is 6.30. The summed E-state index contributed by atoms with van der Waals surface area (Å²) in [5.74, 6) is 0.464. The van der Waals surface area contributed by atoms with Crippen molar-refractivity contribution in [3.63, 3.8) is 0 Å². The van der Waals surface area contributed by atoms with E-state index in [1.807, 2.05) is 36.4 Å². The molecule has 2 N–H and O–H groups in total. The zero-order valence-electron chi connectivity index (χ0n) is 23.9. The van der Waals surface area contributed by atoms with Crippen LogP contribution in [0.25, 0.3) is 0 Å². The Labute approximate surface area is 263 Å². The van der Waals surface area contributed by atoms with Crippen LogP contribution in [0.1, 0.15) is 58.6 Å². The van der Waals surface area contributed by atoms with Crippen LogP contribution in [0, 0.1) is 11.8 Å². The van der Waals surface area contributed by atoms with Crippen molar-refractivity contribution in [1.29, 1.82) is 0 Å². The molecule has 0 bridgehead atoms. The molecule has 4 aromatic carbocycles. The summed E-state index contributed by atoms with van der Waals surface area (Å²) in [5, 5.41) is 14.6. The number of rotatable bonds is 8. The number of hydrogen-bond donors (Lipinski definition) is 2. The summed E-state index contributed by atoms with van der Waals surface area (Å²) in [6.07, 6.45) is 5.12. The molecule has 1 aliphatic carbocycles. The monoisotopic (exact) mass is 611 g/mol. The minimum Gasteiger partial charge on any atom is -0.478 e. The van der Waals surface area contributed by atoms with Gasteiger partial charge in [0.05, 0.1) is 16.9 Å². The molecule has 0 aromatic heterocycles. The predicted octanol–water partition coefficient (Wildman–Crippen LogP) is 8.76. The summed E-state index contributed by atoms with van der Waals surface area (Å²) >= 11 is 12.5. The van der Waals surface area contributed by atoms with E-state index in [4.69, 9.17) is 23.2 Å². The van der Waals surface area contributed by atoms with Gasteiger partial charge in [-0.1, -0.05) is 53.5 Å². The quantitative estimate of drug-likeness (QED) is 0.195. The third-order valence-electron chi connectivity index (χ3n) is 9.33. The summed E-state index contributed by atoms with van der Waals surface area (Å²) < 4.78 is 0. The molecular weight excluding hydrogens is 577 g/mol. The minimum atomic E-state index is -0.884. The van der Waals surface area contributed by atoms with Crippen molar-refractivity contribution >= 4 is 46.2 Å². The summed E-state index contributed by atoms with van der Waals surface area (Å²) in [4.78, 5) is 16.3. The fraction of sp³-hybridized carbons (Fsp3) is 0.306. The van der Waals surface area contributed by atoms with Gasteiger partial charge in [-0.25, -0.2) is 4.79 Å². The molecule has 2 aliphatic heterocycles. The number of anilines is 3. The van der Waals surface area contributed by atoms with Gasteiger partial charge in [-0.2, -0.15) is 0 Å². The van der Waals surface area contributed by atoms with E-state index in [-0.39, 0.29) is 5.92 Å². The zero-order valence-corrected chi connectivity index (χ0v) is 25.4. The molecule has 2 heterocycles. The second-order valence-corrected chi connectivity index (χ2v) is 13.0. The topological polar surface area (TPSA) is 55.8 Å². The average Bonchev–Trinajstić information content (AvgIpc) is 3.82. The number of fused-ring (bicyclic) bond motifs is 1. The SMILES string of the molecule is O=C(O)c1ccc(N2CCC(CN3c4cc(C(c5ccc(Cl)cc5)c5ccc(Cl)cc5)ccc4NC3C3CC3)CC2)cc1. The highest BCUT2D eigenvalue weighted by Gasteiger charge is 2.41. The Bertz CT molecular complexity index is 1550. The van der Waals surface area contributed by atoms with E-state index >= 15 is 0 Å². The van der Waals surface area contributed by atoms with Gasteiger partial charge in [0.15, 0.2) is 0 Å². The highest BCUT2D eigenvalue weighted by atomic mass is 35.5. The Hall–Kier alpha value is -3.67. The molecule has 5 nitrogen and oxygen atoms in total. The van der Waals surface area contributed by atoms with E-state index in [9.17, 15) is 9.90 Å². The standard InChI is InChI=1S/C36H35Cl2N3O2/c37-29-10-3-24(4-11-29)34(25-5-12-30(38)13-6-25)28-9-16-32-33(21-28)41(35(39-32)26-1-2-26)22-23-17-19-40(20-18-23)31-14-7-27(8-15-31)36(42)43/h3-16,21,23,26,34-35,39H,1-2,17-20,22H2,(H,42,43). The molecule has 1 unspecified atom stereocenters. The highest BCUT2D eigenvalue weighted by Crippen LogP contribution is 2.47. The van der Waals surface area contributed by atoms with Gasteiger partial charge < -0.3 is 20.2 Å². The van der Waals surface area contributed by atoms with Crippen molar-refractivity contribution in [2.24, 2.45) is 11.8 Å². The molecule has 7 heteroatoms. The summed E-state index contributed by atoms with van der Waals surface area (Å²) in [7, 11) is 0. The van der Waals surface area contributed by atoms with Crippen LogP contribution >= 0.6 is 23.2 Å². The number of aromatic carboxylic acids is 1. The maximum Gasteiger partial charge on any atom is 0.335 e. The number of nitrogens with one attached hydrogen (secondary N) is 1. The molecule has 0 spiro atoms. The maximum absolute atomic E-state index is 11.3. The molecule has 1 saturated carbocycles. The van der Waals surface area contributed by atoms with Gasteiger partial charge in [0, 0.05) is 41.3 Å². The predicted molar refractivity (Wildman–Crippen MR) is 176 cm³/mol. The molecule has 0 radical (unpaired) electrons. The number of halogens is 2. The fourth-order valence-corrected chi connectivity index (χ4v) is 7.08. The third kappa shape index (κ3) is 5.93. The number of carbonyl (C=O) groups is 1. The molecule has 1 saturated heterocycles. The molecule has 0 amide bonds. The first-order valence-electron chi connectivity index (χ1n) is 15.2. The molecule has 220 valence electrons. The Morgan fingerprint density at radius 3 is 1.93 bits per heavy atom. The van der Waals surface area contributed by atoms with Gasteiger partial charge in [0.1, 0.15) is 6.17 Å². The van der Waals surface area contributed by atoms with E-state index in [0.717, 1.165) is 48.2 Å². The van der Waals surface area contributed by atoms with E-state index < -0.39 is 5.97 Å². The number of carboxylic acids is 1. The number of piperidine rings is 1. The number of nitrogens with zero attached hydrogens (tertiary/aromatic N) is 2. The molecule has 2 fully saturated rings. The van der Waals surface area contributed by atoms with Crippen LogP contribution in [-0.4, -0.2) is 36.9 Å². The van der Waals surface area contributed by atoms with Crippen LogP contribution in [0.3, 0.4) is 0 Å². The molecule has 1 atom stereocenters. The molecule has 43 heavy (non-hydrogen) atoms. The number of hydrogen-bond acceptors (Lipinski definition) is 4. The Balaban J connectivity index is 1.14. The van der Waals surface area contributed by atoms with E-state index in [2.05, 4.69) is 57.6 Å². The average molecular weight is 613 g/mol. The molecule has 4 aromatic rings. The number of benzene rings is 4. The normalized spacial score (nSPS) is 18.5. The first-order valence-corrected chi connectivity index (χ1v) is 15.9. The lowest BCUT2D eigenvalue weighted by molar-refractivity contribution is 0.0697. The zero-order chi connectivity index (χ0) is 29.5. The van der Waals surface area contributed by atoms with Crippen molar-refractivity contribution in [2.45, 2.75) is 37.8 Å². The van der Waals surface area contributed by atoms with Crippen LogP contribution in [0.2, 0.25) is 10.0 Å². The van der Waals surface area contributed by atoms with Crippen molar-refractivity contribution in [2.75, 3.05) is 34.8 Å². The second-order valence-electron chi connectivity index (χ2n) is 12.2. The first-order chi connectivity index (χ1) is 20.9. The van der Waals surface area contributed by atoms with Crippen LogP contribution in [0.5, 0.6) is 0 Å². The van der Waals surface area contributed by atoms with Gasteiger partial charge in [-0.3, -0.25) is 0 Å². The summed E-state index contributed by atoms with van der Waals surface area (Å²) in [6, 6.07) is 30.6. The smallest absolute Gasteiger partial charge is 0.335 e. The van der Waals surface area contributed by atoms with Gasteiger partial charge in [0.2, 0.25) is 0 Å². The molecular formula is C36H35Cl2N3O2. The maximum atomic E-state index is 11.3. The van der Waals surface area contributed by atoms with Crippen LogP contribution in [0.15, 0.2) is 91.0 Å². The van der Waals surface area contributed by atoms with Crippen LogP contribution in [-0.2, 0) is 0 Å². The van der Waals surface area contributed by atoms with E-state index in [1.54, 1.807) is 12.1 Å². The van der Waals surface area contributed by atoms with E-state index in [1.165, 1.54) is 40.9 Å². The second kappa shape index (κ2) is 11.8. The van der Waals surface area contributed by atoms with Gasteiger partial charge in [0.25, 0.3) is 0 Å². The van der Waals surface area contributed by atoms with Crippen LogP contribution in [0.4, 0.5) is 17.1 Å². The van der Waals surface area contributed by atoms with Crippen molar-refractivity contribution in [1.82, 2.24) is 0 Å². The molecule has 7 rings (SSSR count). The van der Waals surface area contributed by atoms with Gasteiger partial charge in [-0.15, -0.1) is 0 Å². The first kappa shape index (κ1) is 28.1. The Kier molecular flexibility index (Phi) is 7.71.